The monoisotopic (exact) mass is 359 g/mol. The van der Waals surface area contributed by atoms with E-state index in [0.29, 0.717) is 11.2 Å². The van der Waals surface area contributed by atoms with E-state index in [9.17, 15) is 5.11 Å². The molecule has 2 nitrogen and oxygen atoms in total. The maximum absolute atomic E-state index is 9.92. The van der Waals surface area contributed by atoms with E-state index in [-0.39, 0.29) is 0 Å². The summed E-state index contributed by atoms with van der Waals surface area (Å²) in [6.07, 6.45) is 10.6. The van der Waals surface area contributed by atoms with E-state index in [4.69, 9.17) is 0 Å². The van der Waals surface area contributed by atoms with E-state index in [1.54, 1.807) is 5.56 Å². The van der Waals surface area contributed by atoms with E-state index in [1.165, 1.54) is 38.5 Å². The van der Waals surface area contributed by atoms with E-state index in [1.807, 2.05) is 32.2 Å². The molecule has 2 aromatic carbocycles. The summed E-state index contributed by atoms with van der Waals surface area (Å²) in [5.74, 6) is 3.33. The Hall–Kier alpha value is -2.09. The summed E-state index contributed by atoms with van der Waals surface area (Å²) in [4.78, 5) is 4.67. The molecule has 0 radical (unpaired) electrons. The molecule has 0 atom stereocenters. The van der Waals surface area contributed by atoms with E-state index in [0.717, 1.165) is 40.1 Å². The molecular weight excluding hydrogens is 330 g/mol. The Kier molecular flexibility index (Phi) is 3.93. The predicted octanol–water partition coefficient (Wildman–Crippen LogP) is 6.23. The topological polar surface area (TPSA) is 32.6 Å². The van der Waals surface area contributed by atoms with Gasteiger partial charge in [-0.1, -0.05) is 12.1 Å². The van der Waals surface area contributed by atoms with Crippen molar-refractivity contribution in [3.8, 4) is 5.75 Å². The van der Waals surface area contributed by atoms with Crippen LogP contribution in [0.15, 0.2) is 41.4 Å². The Morgan fingerprint density at radius 3 is 1.93 bits per heavy atom. The van der Waals surface area contributed by atoms with Gasteiger partial charge in [-0.3, -0.25) is 4.99 Å². The molecule has 27 heavy (non-hydrogen) atoms. The highest BCUT2D eigenvalue weighted by molar-refractivity contribution is 5.83. The Morgan fingerprint density at radius 2 is 1.41 bits per heavy atom. The van der Waals surface area contributed by atoms with Gasteiger partial charge in [0.1, 0.15) is 5.75 Å². The van der Waals surface area contributed by atoms with Gasteiger partial charge < -0.3 is 5.11 Å². The number of phenolic OH excluding ortho intramolecular Hbond substituents is 1. The van der Waals surface area contributed by atoms with E-state index < -0.39 is 0 Å². The van der Waals surface area contributed by atoms with Crippen molar-refractivity contribution in [1.29, 1.82) is 0 Å². The lowest BCUT2D eigenvalue weighted by atomic mass is 9.48. The molecule has 2 heteroatoms. The van der Waals surface area contributed by atoms with Crippen molar-refractivity contribution >= 4 is 11.9 Å². The second-order valence-corrected chi connectivity index (χ2v) is 9.51. The average molecular weight is 360 g/mol. The molecule has 140 valence electrons. The molecule has 4 saturated carbocycles. The van der Waals surface area contributed by atoms with Crippen molar-refractivity contribution in [1.82, 2.24) is 0 Å². The Labute approximate surface area is 162 Å². The number of hydrogen-bond donors (Lipinski definition) is 1. The molecule has 0 spiro atoms. The third kappa shape index (κ3) is 2.99. The maximum atomic E-state index is 9.92. The second kappa shape index (κ2) is 6.22. The molecule has 0 saturated heterocycles. The van der Waals surface area contributed by atoms with Gasteiger partial charge in [-0.05, 0) is 122 Å². The standard InChI is InChI=1S/C25H29NO/c1-16-7-21(8-17(2)24(16)27)15-26-23-5-3-22(4-6-23)25-12-18-9-19(13-25)11-20(10-18)14-25/h3-8,15,18-20,27H,9-14H2,1-2H3. The lowest BCUT2D eigenvalue weighted by Gasteiger charge is -2.57. The van der Waals surface area contributed by atoms with Crippen LogP contribution in [0.1, 0.15) is 60.8 Å². The molecule has 0 amide bonds. The molecular formula is C25H29NO. The normalized spacial score (nSPS) is 31.7. The van der Waals surface area contributed by atoms with Crippen LogP contribution in [0.2, 0.25) is 0 Å². The first-order valence-electron chi connectivity index (χ1n) is 10.5. The molecule has 1 N–H and O–H groups in total. The minimum Gasteiger partial charge on any atom is -0.507 e. The minimum atomic E-state index is 0.382. The van der Waals surface area contributed by atoms with Gasteiger partial charge in [-0.2, -0.15) is 0 Å². The van der Waals surface area contributed by atoms with Crippen LogP contribution < -0.4 is 0 Å². The fourth-order valence-electron chi connectivity index (χ4n) is 6.58. The molecule has 4 fully saturated rings. The van der Waals surface area contributed by atoms with Crippen LogP contribution in [0.3, 0.4) is 0 Å². The summed E-state index contributed by atoms with van der Waals surface area (Å²) in [6.45, 7) is 3.86. The molecule has 0 unspecified atom stereocenters. The summed E-state index contributed by atoms with van der Waals surface area (Å²) in [6, 6.07) is 13.0. The van der Waals surface area contributed by atoms with E-state index in [2.05, 4.69) is 29.3 Å². The number of phenols is 1. The number of benzene rings is 2. The zero-order valence-corrected chi connectivity index (χ0v) is 16.4. The molecule has 0 heterocycles. The van der Waals surface area contributed by atoms with Gasteiger partial charge in [-0.25, -0.2) is 0 Å². The molecule has 4 aliphatic carbocycles. The fraction of sp³-hybridized carbons (Fsp3) is 0.480. The second-order valence-electron chi connectivity index (χ2n) is 9.51. The van der Waals surface area contributed by atoms with Crippen molar-refractivity contribution in [3.05, 3.63) is 58.7 Å². The Balaban J connectivity index is 1.37. The zero-order valence-electron chi connectivity index (χ0n) is 16.4. The number of hydrogen-bond acceptors (Lipinski definition) is 2. The van der Waals surface area contributed by atoms with Crippen molar-refractivity contribution in [2.45, 2.75) is 57.8 Å². The van der Waals surface area contributed by atoms with Crippen LogP contribution in [-0.4, -0.2) is 11.3 Å². The number of nitrogens with zero attached hydrogens (tertiary/aromatic N) is 1. The van der Waals surface area contributed by atoms with Crippen LogP contribution in [-0.2, 0) is 5.41 Å². The average Bonchev–Trinajstić information content (AvgIpc) is 2.63. The SMILES string of the molecule is Cc1cc(C=Nc2ccc(C34CC5CC(CC(C5)C3)C4)cc2)cc(C)c1O. The van der Waals surface area contributed by atoms with Gasteiger partial charge in [0, 0.05) is 6.21 Å². The van der Waals surface area contributed by atoms with Crippen LogP contribution in [0.25, 0.3) is 0 Å². The number of aromatic hydroxyl groups is 1. The zero-order chi connectivity index (χ0) is 18.6. The van der Waals surface area contributed by atoms with Crippen LogP contribution in [0.5, 0.6) is 5.75 Å². The van der Waals surface area contributed by atoms with Crippen molar-refractivity contribution < 1.29 is 5.11 Å². The number of rotatable bonds is 3. The first-order valence-corrected chi connectivity index (χ1v) is 10.5. The molecule has 6 rings (SSSR count). The highest BCUT2D eigenvalue weighted by Crippen LogP contribution is 2.60. The highest BCUT2D eigenvalue weighted by Gasteiger charge is 2.51. The van der Waals surface area contributed by atoms with Gasteiger partial charge in [0.2, 0.25) is 0 Å². The summed E-state index contributed by atoms with van der Waals surface area (Å²) >= 11 is 0. The van der Waals surface area contributed by atoms with Gasteiger partial charge in [-0.15, -0.1) is 0 Å². The molecule has 2 aromatic rings. The third-order valence-electron chi connectivity index (χ3n) is 7.39. The summed E-state index contributed by atoms with van der Waals surface area (Å²) < 4.78 is 0. The summed E-state index contributed by atoms with van der Waals surface area (Å²) in [5, 5.41) is 9.92. The van der Waals surface area contributed by atoms with Crippen molar-refractivity contribution in [2.75, 3.05) is 0 Å². The molecule has 4 bridgehead atoms. The first-order chi connectivity index (χ1) is 13.0. The third-order valence-corrected chi connectivity index (χ3v) is 7.39. The quantitative estimate of drug-likeness (QED) is 0.648. The van der Waals surface area contributed by atoms with Gasteiger partial charge in [0.05, 0.1) is 5.69 Å². The smallest absolute Gasteiger partial charge is 0.121 e. The predicted molar refractivity (Wildman–Crippen MR) is 111 cm³/mol. The van der Waals surface area contributed by atoms with Gasteiger partial charge >= 0.3 is 0 Å². The first kappa shape index (κ1) is 17.0. The Morgan fingerprint density at radius 1 is 0.889 bits per heavy atom. The summed E-state index contributed by atoms with van der Waals surface area (Å²) in [5.41, 5.74) is 5.85. The number of aliphatic imine (C=N–C) groups is 1. The van der Waals surface area contributed by atoms with Gasteiger partial charge in [0.15, 0.2) is 0 Å². The van der Waals surface area contributed by atoms with Crippen molar-refractivity contribution in [3.63, 3.8) is 0 Å². The van der Waals surface area contributed by atoms with E-state index >= 15 is 0 Å². The van der Waals surface area contributed by atoms with Gasteiger partial charge in [0.25, 0.3) is 0 Å². The highest BCUT2D eigenvalue weighted by atomic mass is 16.3. The molecule has 0 aromatic heterocycles. The van der Waals surface area contributed by atoms with Crippen LogP contribution >= 0.6 is 0 Å². The fourth-order valence-corrected chi connectivity index (χ4v) is 6.58. The summed E-state index contributed by atoms with van der Waals surface area (Å²) in [7, 11) is 0. The maximum Gasteiger partial charge on any atom is 0.121 e. The largest absolute Gasteiger partial charge is 0.507 e. The molecule has 4 aliphatic rings. The molecule has 0 aliphatic heterocycles. The Bertz CT molecular complexity index is 835. The van der Waals surface area contributed by atoms with Crippen LogP contribution in [0.4, 0.5) is 5.69 Å². The lowest BCUT2D eigenvalue weighted by Crippen LogP contribution is -2.48. The minimum absolute atomic E-state index is 0.382. The van der Waals surface area contributed by atoms with Crippen molar-refractivity contribution in [2.24, 2.45) is 22.7 Å². The lowest BCUT2D eigenvalue weighted by molar-refractivity contribution is -0.00518. The number of aryl methyl sites for hydroxylation is 2. The van der Waals surface area contributed by atoms with Crippen LogP contribution in [0, 0.1) is 31.6 Å².